The fourth-order valence-electron chi connectivity index (χ4n) is 0. The average Bonchev–Trinajstić information content (AvgIpc) is 1.00. The summed E-state index contributed by atoms with van der Waals surface area (Å²) in [6, 6.07) is 0. The predicted molar refractivity (Wildman–Crippen MR) is 7.78 cm³/mol. The second-order valence-electron chi connectivity index (χ2n) is 0. The van der Waals surface area contributed by atoms with E-state index in [1.165, 1.54) is 0 Å². The Balaban J connectivity index is -0.000000000833. The Morgan fingerprint density at radius 3 is 1.40 bits per heavy atom. The van der Waals surface area contributed by atoms with Crippen LogP contribution in [0.1, 0.15) is 1.43 Å². The molecule has 30 valence electrons. The van der Waals surface area contributed by atoms with Crippen molar-refractivity contribution in [1.82, 2.24) is 0 Å². The zero-order chi connectivity index (χ0) is 2.00. The van der Waals surface area contributed by atoms with Crippen molar-refractivity contribution in [3.8, 4) is 6.57 Å². The minimum absolute atomic E-state index is 0. The van der Waals surface area contributed by atoms with Crippen LogP contribution < -0.4 is 51.4 Å². The van der Waals surface area contributed by atoms with Crippen molar-refractivity contribution >= 4 is 0 Å². The Bertz CT molecular complexity index is 20.3. The number of rotatable bonds is 0. The monoisotopic (exact) mass is 181 g/mol. The summed E-state index contributed by atoms with van der Waals surface area (Å²) in [7, 11) is 0. The van der Waals surface area contributed by atoms with Gasteiger partial charge in [-0.1, -0.05) is 0 Å². The molecule has 4 heteroatoms. The summed E-state index contributed by atoms with van der Waals surface area (Å²) in [6.45, 7) is 3.50. The Morgan fingerprint density at radius 1 is 1.40 bits per heavy atom. The van der Waals surface area contributed by atoms with Crippen LogP contribution in [0.15, 0.2) is 0 Å². The van der Waals surface area contributed by atoms with Crippen molar-refractivity contribution in [2.45, 2.75) is 0 Å². The van der Waals surface area contributed by atoms with Gasteiger partial charge in [0, 0.05) is 40.1 Å². The predicted octanol–water partition coefficient (Wildman–Crippen LogP) is -2.75. The van der Waals surface area contributed by atoms with Gasteiger partial charge in [0.1, 0.15) is 0 Å². The van der Waals surface area contributed by atoms with Gasteiger partial charge in [-0.15, -0.1) is 0 Å². The molecule has 0 saturated heterocycles. The quantitative estimate of drug-likeness (QED) is 0.372. The summed E-state index contributed by atoms with van der Waals surface area (Å²) in [5.74, 6) is 0. The summed E-state index contributed by atoms with van der Waals surface area (Å²) in [4.78, 5) is 0. The summed E-state index contributed by atoms with van der Waals surface area (Å²) in [5.41, 5.74) is 0. The Morgan fingerprint density at radius 2 is 1.40 bits per heavy atom. The topological polar surface area (TPSA) is 23.8 Å². The molecule has 0 aliphatic heterocycles. The van der Waals surface area contributed by atoms with Crippen LogP contribution in [0.4, 0.5) is 0 Å². The van der Waals surface area contributed by atoms with Crippen molar-refractivity contribution in [2.24, 2.45) is 0 Å². The van der Waals surface area contributed by atoms with Crippen LogP contribution in [0.2, 0.25) is 0 Å². The van der Waals surface area contributed by atoms with Gasteiger partial charge in [-0.25, -0.2) is 5.26 Å². The molecule has 0 spiro atoms. The summed E-state index contributed by atoms with van der Waals surface area (Å²) in [6.07, 6.45) is 0. The fraction of sp³-hybridized carbons (Fsp3) is 0. The molecule has 0 aromatic carbocycles. The molecule has 0 aliphatic rings. The van der Waals surface area contributed by atoms with Gasteiger partial charge in [-0.2, -0.15) is 0 Å². The first-order valence-corrected chi connectivity index (χ1v) is 0.258. The molecule has 0 N–H and O–H groups in total. The zero-order valence-corrected chi connectivity index (χ0v) is 7.91. The van der Waals surface area contributed by atoms with Gasteiger partial charge in [-0.3, -0.25) is 0 Å². The van der Waals surface area contributed by atoms with Crippen LogP contribution in [0.5, 0.6) is 0 Å². The standard InChI is InChI=1S/CHN.Fe.K.Ni.H/c1-2;;;;/h1H;;;;/q;;+1;;-1. The minimum Gasteiger partial charge on any atom is -1.00 e. The van der Waals surface area contributed by atoms with Crippen molar-refractivity contribution in [1.29, 1.82) is 5.26 Å². The van der Waals surface area contributed by atoms with E-state index in [9.17, 15) is 0 Å². The van der Waals surface area contributed by atoms with Gasteiger partial charge in [0.2, 0.25) is 0 Å². The summed E-state index contributed by atoms with van der Waals surface area (Å²) < 4.78 is 0. The van der Waals surface area contributed by atoms with Gasteiger partial charge < -0.3 is 1.43 Å². The van der Waals surface area contributed by atoms with Crippen LogP contribution in [-0.4, -0.2) is 0 Å². The van der Waals surface area contributed by atoms with Crippen LogP contribution >= 0.6 is 0 Å². The largest absolute Gasteiger partial charge is 1.00 e. The van der Waals surface area contributed by atoms with Crippen molar-refractivity contribution < 1.29 is 86.4 Å². The van der Waals surface area contributed by atoms with E-state index in [1.54, 1.807) is 0 Å². The molecule has 0 amide bonds. The Labute approximate surface area is 96.2 Å². The zero-order valence-electron chi connectivity index (χ0n) is 3.69. The first-order chi connectivity index (χ1) is 1.00. The first-order valence-electron chi connectivity index (χ1n) is 0.258. The third-order valence-corrected chi connectivity index (χ3v) is 0. The van der Waals surface area contributed by atoms with E-state index in [2.05, 4.69) is 6.57 Å². The maximum atomic E-state index is 6.50. The molecule has 0 aromatic rings. The van der Waals surface area contributed by atoms with E-state index >= 15 is 0 Å². The molecule has 0 heterocycles. The molecule has 5 heavy (non-hydrogen) atoms. The number of nitrogens with zero attached hydrogens (tertiary/aromatic N) is 1. The van der Waals surface area contributed by atoms with Gasteiger partial charge >= 0.3 is 51.4 Å². The molecule has 0 saturated carbocycles. The molecule has 0 radical (unpaired) electrons. The van der Waals surface area contributed by atoms with E-state index in [0.29, 0.717) is 0 Å². The van der Waals surface area contributed by atoms with E-state index in [0.717, 1.165) is 0 Å². The second kappa shape index (κ2) is 35.4. The third kappa shape index (κ3) is 23.0. The number of hydrogen-bond acceptors (Lipinski definition) is 1. The van der Waals surface area contributed by atoms with Gasteiger partial charge in [0.05, 0.1) is 0 Å². The number of nitriles is 1. The maximum Gasteiger partial charge on any atom is 1.00 e. The molecular weight excluding hydrogens is 180 g/mol. The molecule has 0 bridgehead atoms. The van der Waals surface area contributed by atoms with Crippen LogP contribution in [-0.2, 0) is 33.6 Å². The maximum absolute atomic E-state index is 6.50. The van der Waals surface area contributed by atoms with E-state index in [1.807, 2.05) is 0 Å². The Hall–Kier alpha value is 2.14. The summed E-state index contributed by atoms with van der Waals surface area (Å²) >= 11 is 0. The minimum atomic E-state index is 0. The molecule has 0 aliphatic carbocycles. The molecule has 0 atom stereocenters. The molecular formula is CH2FeKNNi. The normalized spacial score (nSPS) is 0.400. The van der Waals surface area contributed by atoms with Crippen LogP contribution in [0, 0.1) is 11.8 Å². The molecule has 0 rings (SSSR count). The summed E-state index contributed by atoms with van der Waals surface area (Å²) in [5, 5.41) is 6.50. The molecule has 0 fully saturated rings. The van der Waals surface area contributed by atoms with E-state index < -0.39 is 0 Å². The molecule has 0 unspecified atom stereocenters. The van der Waals surface area contributed by atoms with Crippen molar-refractivity contribution in [2.75, 3.05) is 0 Å². The average molecular weight is 182 g/mol. The fourth-order valence-corrected chi connectivity index (χ4v) is 0. The van der Waals surface area contributed by atoms with Gasteiger partial charge in [-0.05, 0) is 0 Å². The van der Waals surface area contributed by atoms with Crippen LogP contribution in [0.3, 0.4) is 0 Å². The van der Waals surface area contributed by atoms with E-state index in [-0.39, 0.29) is 86.4 Å². The van der Waals surface area contributed by atoms with Crippen LogP contribution in [0.25, 0.3) is 0 Å². The van der Waals surface area contributed by atoms with Crippen molar-refractivity contribution in [3.63, 3.8) is 0 Å². The smallest absolute Gasteiger partial charge is 1.00 e. The Kier molecular flexibility index (Phi) is 193. The van der Waals surface area contributed by atoms with Gasteiger partial charge in [0.25, 0.3) is 0 Å². The number of hydrogen-bond donors (Lipinski definition) is 0. The molecule has 0 aromatic heterocycles. The van der Waals surface area contributed by atoms with E-state index in [4.69, 9.17) is 5.26 Å². The molecule has 1 nitrogen and oxygen atoms in total. The van der Waals surface area contributed by atoms with Gasteiger partial charge in [0.15, 0.2) is 0 Å². The third-order valence-electron chi connectivity index (χ3n) is 0. The SMILES string of the molecule is C#N.[Fe].[H-].[K+].[Ni]. The first kappa shape index (κ1) is 27.3. The van der Waals surface area contributed by atoms with Crippen molar-refractivity contribution in [3.05, 3.63) is 0 Å². The second-order valence-corrected chi connectivity index (χ2v) is 0.